The van der Waals surface area contributed by atoms with E-state index in [1.807, 2.05) is 16.5 Å². The first-order valence-corrected chi connectivity index (χ1v) is 8.96. The van der Waals surface area contributed by atoms with Gasteiger partial charge in [0.2, 0.25) is 0 Å². The van der Waals surface area contributed by atoms with E-state index in [2.05, 4.69) is 0 Å². The Balaban J connectivity index is 2.45. The predicted molar refractivity (Wildman–Crippen MR) is 89.5 cm³/mol. The molecule has 1 saturated heterocycles. The Kier molecular flexibility index (Phi) is 5.14. The van der Waals surface area contributed by atoms with Crippen LogP contribution in [-0.2, 0) is 10.2 Å². The second-order valence-corrected chi connectivity index (χ2v) is 7.82. The molecular formula is C15H21N3O5S. The summed E-state index contributed by atoms with van der Waals surface area (Å²) < 4.78 is 26.6. The summed E-state index contributed by atoms with van der Waals surface area (Å²) in [7, 11) is -1.30. The van der Waals surface area contributed by atoms with Crippen molar-refractivity contribution in [1.82, 2.24) is 9.03 Å². The molecule has 1 amide bonds. The van der Waals surface area contributed by atoms with Gasteiger partial charge in [0.25, 0.3) is 5.91 Å². The Morgan fingerprint density at radius 3 is 2.50 bits per heavy atom. The number of anilines is 1. The molecule has 24 heavy (non-hydrogen) atoms. The summed E-state index contributed by atoms with van der Waals surface area (Å²) in [6.45, 7) is 2.67. The smallest absolute Gasteiger partial charge is 0.335 e. The Hall–Kier alpha value is -2.13. The van der Waals surface area contributed by atoms with Crippen molar-refractivity contribution in [3.05, 3.63) is 29.3 Å². The minimum absolute atomic E-state index is 0.0520. The van der Waals surface area contributed by atoms with Crippen LogP contribution in [0.25, 0.3) is 0 Å². The first-order chi connectivity index (χ1) is 11.1. The largest absolute Gasteiger partial charge is 0.478 e. The van der Waals surface area contributed by atoms with E-state index in [0.29, 0.717) is 12.2 Å². The number of hydrogen-bond acceptors (Lipinski definition) is 5. The number of carbonyl (C=O) groups is 2. The first-order valence-electron chi connectivity index (χ1n) is 7.52. The summed E-state index contributed by atoms with van der Waals surface area (Å²) in [6, 6.07) is 4.21. The van der Waals surface area contributed by atoms with Crippen LogP contribution in [0.2, 0.25) is 0 Å². The van der Waals surface area contributed by atoms with Crippen molar-refractivity contribution in [1.29, 1.82) is 0 Å². The lowest BCUT2D eigenvalue weighted by atomic mass is 10.1. The number of carboxylic acids is 1. The van der Waals surface area contributed by atoms with E-state index in [1.54, 1.807) is 0 Å². The molecule has 132 valence electrons. The van der Waals surface area contributed by atoms with Gasteiger partial charge in [-0.3, -0.25) is 4.79 Å². The molecule has 0 bridgehead atoms. The van der Waals surface area contributed by atoms with Crippen LogP contribution in [0.1, 0.15) is 40.5 Å². The van der Waals surface area contributed by atoms with Gasteiger partial charge < -0.3 is 10.0 Å². The van der Waals surface area contributed by atoms with Crippen LogP contribution in [0.5, 0.6) is 0 Å². The van der Waals surface area contributed by atoms with Crippen LogP contribution in [0.4, 0.5) is 5.69 Å². The van der Waals surface area contributed by atoms with Gasteiger partial charge in [0.1, 0.15) is 0 Å². The average Bonchev–Trinajstić information content (AvgIpc) is 2.91. The molecule has 2 rings (SSSR count). The van der Waals surface area contributed by atoms with E-state index in [4.69, 9.17) is 0 Å². The molecule has 8 nitrogen and oxygen atoms in total. The van der Waals surface area contributed by atoms with E-state index in [-0.39, 0.29) is 17.2 Å². The van der Waals surface area contributed by atoms with E-state index < -0.39 is 22.1 Å². The van der Waals surface area contributed by atoms with Gasteiger partial charge in [0.05, 0.1) is 16.8 Å². The molecule has 1 atom stereocenters. The highest BCUT2D eigenvalue weighted by atomic mass is 32.2. The number of nitrogens with one attached hydrogen (secondary N) is 1. The third-order valence-corrected chi connectivity index (χ3v) is 5.46. The zero-order valence-corrected chi connectivity index (χ0v) is 14.6. The fourth-order valence-corrected chi connectivity index (χ4v) is 3.18. The van der Waals surface area contributed by atoms with Crippen LogP contribution < -0.4 is 9.62 Å². The third-order valence-electron chi connectivity index (χ3n) is 4.05. The lowest BCUT2D eigenvalue weighted by Gasteiger charge is -2.26. The summed E-state index contributed by atoms with van der Waals surface area (Å²) in [5, 5.41) is 9.19. The minimum atomic E-state index is -3.93. The second kappa shape index (κ2) is 6.78. The van der Waals surface area contributed by atoms with E-state index >= 15 is 0 Å². The molecule has 0 saturated carbocycles. The highest BCUT2D eigenvalue weighted by molar-refractivity contribution is 7.87. The third kappa shape index (κ3) is 3.68. The molecule has 2 N–H and O–H groups in total. The Morgan fingerprint density at radius 2 is 2.00 bits per heavy atom. The van der Waals surface area contributed by atoms with Crippen LogP contribution in [0.3, 0.4) is 0 Å². The van der Waals surface area contributed by atoms with Crippen molar-refractivity contribution < 1.29 is 23.1 Å². The lowest BCUT2D eigenvalue weighted by molar-refractivity contribution is 0.0696. The number of amides is 1. The number of nitrogens with zero attached hydrogens (tertiary/aromatic N) is 2. The van der Waals surface area contributed by atoms with Crippen LogP contribution in [0, 0.1) is 0 Å². The summed E-state index contributed by atoms with van der Waals surface area (Å²) in [5.41, 5.74) is 0.627. The fourth-order valence-electron chi connectivity index (χ4n) is 2.65. The van der Waals surface area contributed by atoms with Crippen molar-refractivity contribution in [2.24, 2.45) is 0 Å². The van der Waals surface area contributed by atoms with Crippen molar-refractivity contribution in [2.75, 3.05) is 25.5 Å². The Labute approximate surface area is 141 Å². The molecule has 0 spiro atoms. The zero-order chi connectivity index (χ0) is 18.1. The number of rotatable bonds is 5. The van der Waals surface area contributed by atoms with Gasteiger partial charge in [-0.15, -0.1) is 0 Å². The number of carboxylic acid groups (broad SMARTS) is 1. The average molecular weight is 355 g/mol. The molecule has 1 aromatic carbocycles. The van der Waals surface area contributed by atoms with Crippen molar-refractivity contribution >= 4 is 27.8 Å². The van der Waals surface area contributed by atoms with E-state index in [9.17, 15) is 23.1 Å². The van der Waals surface area contributed by atoms with Gasteiger partial charge in [-0.2, -0.15) is 12.7 Å². The van der Waals surface area contributed by atoms with E-state index in [0.717, 1.165) is 17.1 Å². The van der Waals surface area contributed by atoms with Gasteiger partial charge >= 0.3 is 16.2 Å². The highest BCUT2D eigenvalue weighted by Gasteiger charge is 2.27. The lowest BCUT2D eigenvalue weighted by Crippen LogP contribution is -2.40. The van der Waals surface area contributed by atoms with Crippen LogP contribution in [0.15, 0.2) is 18.2 Å². The molecule has 0 unspecified atom stereocenters. The maximum atomic E-state index is 12.4. The van der Waals surface area contributed by atoms with Crippen molar-refractivity contribution in [2.45, 2.75) is 25.8 Å². The van der Waals surface area contributed by atoms with Crippen LogP contribution in [-0.4, -0.2) is 56.4 Å². The maximum Gasteiger partial charge on any atom is 0.335 e. The summed E-state index contributed by atoms with van der Waals surface area (Å²) in [5.74, 6) is -1.88. The van der Waals surface area contributed by atoms with E-state index in [1.165, 1.54) is 32.3 Å². The van der Waals surface area contributed by atoms with Crippen molar-refractivity contribution in [3.63, 3.8) is 0 Å². The van der Waals surface area contributed by atoms with Gasteiger partial charge in [0.15, 0.2) is 0 Å². The normalized spacial score (nSPS) is 18.0. The Bertz CT molecular complexity index is 760. The molecule has 1 heterocycles. The molecule has 0 aliphatic carbocycles. The molecule has 1 aromatic rings. The number of hydrogen-bond donors (Lipinski definition) is 2. The van der Waals surface area contributed by atoms with Gasteiger partial charge in [-0.05, 0) is 38.0 Å². The molecule has 1 fully saturated rings. The second-order valence-electron chi connectivity index (χ2n) is 5.94. The Morgan fingerprint density at radius 1 is 1.33 bits per heavy atom. The number of aromatic carboxylic acids is 1. The number of benzene rings is 1. The monoisotopic (exact) mass is 355 g/mol. The highest BCUT2D eigenvalue weighted by Crippen LogP contribution is 2.30. The molecular weight excluding hydrogens is 334 g/mol. The maximum absolute atomic E-state index is 12.4. The minimum Gasteiger partial charge on any atom is -0.478 e. The quantitative estimate of drug-likeness (QED) is 0.813. The van der Waals surface area contributed by atoms with Gasteiger partial charge in [-0.25, -0.2) is 9.52 Å². The summed E-state index contributed by atoms with van der Waals surface area (Å²) in [6.07, 6.45) is 1.85. The standard InChI is InChI=1S/C15H21N3O5S/c1-10-5-4-8-18(10)13-9-11(15(20)21)6-7-12(13)14(19)16-24(22,23)17(2)3/h6-7,9-10H,4-5,8H2,1-3H3,(H,16,19)(H,20,21)/t10-/m1/s1. The van der Waals surface area contributed by atoms with Gasteiger partial charge in [-0.1, -0.05) is 0 Å². The van der Waals surface area contributed by atoms with Crippen molar-refractivity contribution in [3.8, 4) is 0 Å². The molecule has 9 heteroatoms. The molecule has 0 radical (unpaired) electrons. The first kappa shape index (κ1) is 18.2. The predicted octanol–water partition coefficient (Wildman–Crippen LogP) is 0.910. The van der Waals surface area contributed by atoms with Gasteiger partial charge in [0, 0.05) is 26.7 Å². The van der Waals surface area contributed by atoms with Crippen LogP contribution >= 0.6 is 0 Å². The summed E-state index contributed by atoms with van der Waals surface area (Å²) in [4.78, 5) is 25.6. The SMILES string of the molecule is C[C@@H]1CCCN1c1cc(C(=O)O)ccc1C(=O)NS(=O)(=O)N(C)C. The fraction of sp³-hybridized carbons (Fsp3) is 0.467. The topological polar surface area (TPSA) is 107 Å². The molecule has 1 aliphatic heterocycles. The molecule has 1 aliphatic rings. The number of carbonyl (C=O) groups excluding carboxylic acids is 1. The summed E-state index contributed by atoms with van der Waals surface area (Å²) >= 11 is 0. The molecule has 0 aromatic heterocycles. The zero-order valence-electron chi connectivity index (χ0n) is 13.8.